The van der Waals surface area contributed by atoms with E-state index >= 15 is 0 Å². The summed E-state index contributed by atoms with van der Waals surface area (Å²) >= 11 is 5.98. The van der Waals surface area contributed by atoms with Gasteiger partial charge in [-0.3, -0.25) is 14.5 Å². The van der Waals surface area contributed by atoms with Gasteiger partial charge in [-0.2, -0.15) is 0 Å². The van der Waals surface area contributed by atoms with Crippen LogP contribution in [0.3, 0.4) is 0 Å². The van der Waals surface area contributed by atoms with Crippen molar-refractivity contribution in [2.24, 2.45) is 0 Å². The zero-order chi connectivity index (χ0) is 20.6. The maximum absolute atomic E-state index is 12.5. The number of piperidine rings is 1. The van der Waals surface area contributed by atoms with Crippen molar-refractivity contribution in [3.63, 3.8) is 0 Å². The van der Waals surface area contributed by atoms with Gasteiger partial charge in [0.25, 0.3) is 0 Å². The third-order valence-electron chi connectivity index (χ3n) is 5.24. The van der Waals surface area contributed by atoms with Gasteiger partial charge in [0.2, 0.25) is 5.91 Å². The predicted molar refractivity (Wildman–Crippen MR) is 114 cm³/mol. The number of amides is 1. The largest absolute Gasteiger partial charge is 0.496 e. The molecule has 1 saturated heterocycles. The topological polar surface area (TPSA) is 58.6 Å². The highest BCUT2D eigenvalue weighted by molar-refractivity contribution is 6.31. The molecule has 154 valence electrons. The van der Waals surface area contributed by atoms with Crippen LogP contribution in [0.2, 0.25) is 5.02 Å². The van der Waals surface area contributed by atoms with Crippen molar-refractivity contribution in [1.82, 2.24) is 10.2 Å². The smallest absolute Gasteiger partial charge is 0.220 e. The quantitative estimate of drug-likeness (QED) is 0.661. The molecule has 0 atom stereocenters. The number of benzene rings is 2. The van der Waals surface area contributed by atoms with Gasteiger partial charge in [0.1, 0.15) is 5.75 Å². The van der Waals surface area contributed by atoms with Crippen LogP contribution in [0, 0.1) is 0 Å². The first-order valence-corrected chi connectivity index (χ1v) is 10.4. The van der Waals surface area contributed by atoms with Gasteiger partial charge in [-0.1, -0.05) is 41.9 Å². The van der Waals surface area contributed by atoms with Gasteiger partial charge >= 0.3 is 0 Å². The summed E-state index contributed by atoms with van der Waals surface area (Å²) in [5, 5.41) is 3.55. The van der Waals surface area contributed by atoms with Crippen LogP contribution in [0.25, 0.3) is 0 Å². The average Bonchev–Trinajstić information content (AvgIpc) is 2.74. The minimum absolute atomic E-state index is 0.0825. The lowest BCUT2D eigenvalue weighted by Gasteiger charge is -2.32. The number of ketones is 1. The minimum atomic E-state index is -0.141. The summed E-state index contributed by atoms with van der Waals surface area (Å²) in [5.74, 6) is 0.253. The van der Waals surface area contributed by atoms with Crippen molar-refractivity contribution < 1.29 is 14.3 Å². The number of ether oxygens (including phenoxy) is 1. The number of hydrogen-bond donors (Lipinski definition) is 1. The molecule has 2 aromatic rings. The van der Waals surface area contributed by atoms with E-state index in [0.717, 1.165) is 32.5 Å². The second-order valence-corrected chi connectivity index (χ2v) is 7.81. The monoisotopic (exact) mass is 414 g/mol. The molecule has 0 unspecified atom stereocenters. The molecular formula is C23H27ClN2O3. The fraction of sp³-hybridized carbons (Fsp3) is 0.391. The maximum Gasteiger partial charge on any atom is 0.220 e. The van der Waals surface area contributed by atoms with Crippen LogP contribution < -0.4 is 10.1 Å². The van der Waals surface area contributed by atoms with E-state index in [1.165, 1.54) is 12.7 Å². The van der Waals surface area contributed by atoms with Crippen LogP contribution in [-0.2, 0) is 11.3 Å². The number of methoxy groups -OCH3 is 1. The van der Waals surface area contributed by atoms with Crippen molar-refractivity contribution in [2.75, 3.05) is 20.2 Å². The summed E-state index contributed by atoms with van der Waals surface area (Å²) in [4.78, 5) is 27.2. The number of rotatable bonds is 8. The summed E-state index contributed by atoms with van der Waals surface area (Å²) in [6, 6.07) is 15.5. The molecule has 0 saturated carbocycles. The molecule has 1 fully saturated rings. The number of Topliss-reactive ketones (excluding diaryl/α,β-unsaturated/α-hetero) is 1. The van der Waals surface area contributed by atoms with Crippen LogP contribution in [0.5, 0.6) is 5.75 Å². The van der Waals surface area contributed by atoms with Crippen LogP contribution in [0.4, 0.5) is 0 Å². The predicted octanol–water partition coefficient (Wildman–Crippen LogP) is 4.09. The van der Waals surface area contributed by atoms with Crippen LogP contribution in [0.15, 0.2) is 48.5 Å². The Morgan fingerprint density at radius 1 is 1.10 bits per heavy atom. The molecule has 0 bridgehead atoms. The molecule has 1 N–H and O–H groups in total. The zero-order valence-electron chi connectivity index (χ0n) is 16.7. The summed E-state index contributed by atoms with van der Waals surface area (Å²) in [6.07, 6.45) is 2.15. The molecule has 1 amide bonds. The Kier molecular flexibility index (Phi) is 7.67. The van der Waals surface area contributed by atoms with Crippen LogP contribution in [0.1, 0.15) is 41.6 Å². The van der Waals surface area contributed by atoms with E-state index in [1.807, 2.05) is 6.07 Å². The molecule has 6 heteroatoms. The van der Waals surface area contributed by atoms with E-state index in [4.69, 9.17) is 16.3 Å². The Labute approximate surface area is 177 Å². The van der Waals surface area contributed by atoms with Gasteiger partial charge in [-0.15, -0.1) is 0 Å². The molecule has 1 heterocycles. The van der Waals surface area contributed by atoms with E-state index < -0.39 is 0 Å². The van der Waals surface area contributed by atoms with Crippen LogP contribution in [-0.4, -0.2) is 42.8 Å². The number of nitrogens with one attached hydrogen (secondary N) is 1. The third kappa shape index (κ3) is 6.31. The molecule has 29 heavy (non-hydrogen) atoms. The Balaban J connectivity index is 1.41. The Morgan fingerprint density at radius 2 is 1.83 bits per heavy atom. The van der Waals surface area contributed by atoms with E-state index in [0.29, 0.717) is 16.3 Å². The van der Waals surface area contributed by atoms with E-state index in [2.05, 4.69) is 34.5 Å². The van der Waals surface area contributed by atoms with E-state index in [1.54, 1.807) is 18.2 Å². The highest BCUT2D eigenvalue weighted by Gasteiger charge is 2.21. The third-order valence-corrected chi connectivity index (χ3v) is 5.48. The molecular weight excluding hydrogens is 388 g/mol. The first-order valence-electron chi connectivity index (χ1n) is 9.97. The highest BCUT2D eigenvalue weighted by atomic mass is 35.5. The lowest BCUT2D eigenvalue weighted by molar-refractivity contribution is -0.122. The molecule has 5 nitrogen and oxygen atoms in total. The van der Waals surface area contributed by atoms with Crippen LogP contribution >= 0.6 is 11.6 Å². The Hall–Kier alpha value is -2.37. The minimum Gasteiger partial charge on any atom is -0.496 e. The molecule has 2 aromatic carbocycles. The first kappa shape index (κ1) is 21.3. The summed E-state index contributed by atoms with van der Waals surface area (Å²) in [6.45, 7) is 2.86. The number of likely N-dealkylation sites (tertiary alicyclic amines) is 1. The van der Waals surface area contributed by atoms with Crippen molar-refractivity contribution in [1.29, 1.82) is 0 Å². The van der Waals surface area contributed by atoms with Crippen molar-refractivity contribution in [3.8, 4) is 5.75 Å². The summed E-state index contributed by atoms with van der Waals surface area (Å²) < 4.78 is 5.22. The summed E-state index contributed by atoms with van der Waals surface area (Å²) in [7, 11) is 1.51. The van der Waals surface area contributed by atoms with E-state index in [-0.39, 0.29) is 30.6 Å². The Bertz CT molecular complexity index is 833. The first-order chi connectivity index (χ1) is 14.0. The second-order valence-electron chi connectivity index (χ2n) is 7.37. The standard InChI is InChI=1S/C23H27ClN2O3/c1-29-22-9-7-18(24)15-20(22)21(27)8-10-23(28)25-19-11-13-26(14-12-19)16-17-5-3-2-4-6-17/h2-7,9,15,19H,8,10-14,16H2,1H3,(H,25,28). The molecule has 0 aromatic heterocycles. The number of nitrogens with zero attached hydrogens (tertiary/aromatic N) is 1. The molecule has 0 spiro atoms. The number of carbonyl (C=O) groups excluding carboxylic acids is 2. The fourth-order valence-corrected chi connectivity index (χ4v) is 3.81. The zero-order valence-corrected chi connectivity index (χ0v) is 17.5. The maximum atomic E-state index is 12.5. The number of halogens is 1. The lowest BCUT2D eigenvalue weighted by Crippen LogP contribution is -2.44. The average molecular weight is 415 g/mol. The Morgan fingerprint density at radius 3 is 2.52 bits per heavy atom. The van der Waals surface area contributed by atoms with Crippen molar-refractivity contribution >= 4 is 23.3 Å². The fourth-order valence-electron chi connectivity index (χ4n) is 3.64. The second kappa shape index (κ2) is 10.4. The molecule has 0 aliphatic carbocycles. The van der Waals surface area contributed by atoms with Gasteiger partial charge in [0.15, 0.2) is 5.78 Å². The van der Waals surface area contributed by atoms with Crippen molar-refractivity contribution in [2.45, 2.75) is 38.3 Å². The van der Waals surface area contributed by atoms with Crippen molar-refractivity contribution in [3.05, 3.63) is 64.7 Å². The molecule has 3 rings (SSSR count). The van der Waals surface area contributed by atoms with Gasteiger partial charge < -0.3 is 10.1 Å². The van der Waals surface area contributed by atoms with Gasteiger partial charge in [-0.25, -0.2) is 0 Å². The van der Waals surface area contributed by atoms with Gasteiger partial charge in [-0.05, 0) is 36.6 Å². The normalized spacial score (nSPS) is 15.1. The molecule has 0 radical (unpaired) electrons. The van der Waals surface area contributed by atoms with E-state index in [9.17, 15) is 9.59 Å². The van der Waals surface area contributed by atoms with Gasteiger partial charge in [0, 0.05) is 43.5 Å². The lowest BCUT2D eigenvalue weighted by atomic mass is 10.0. The summed E-state index contributed by atoms with van der Waals surface area (Å²) in [5.41, 5.74) is 1.73. The number of carbonyl (C=O) groups is 2. The number of hydrogen-bond acceptors (Lipinski definition) is 4. The molecule has 1 aliphatic rings. The van der Waals surface area contributed by atoms with Gasteiger partial charge in [0.05, 0.1) is 12.7 Å². The SMILES string of the molecule is COc1ccc(Cl)cc1C(=O)CCC(=O)NC1CCN(Cc2ccccc2)CC1. The molecule has 1 aliphatic heterocycles. The highest BCUT2D eigenvalue weighted by Crippen LogP contribution is 2.24.